The number of carbonyl (C=O) groups excluding carboxylic acids is 1. The molecule has 0 aromatic heterocycles. The zero-order valence-corrected chi connectivity index (χ0v) is 7.25. The highest BCUT2D eigenvalue weighted by Crippen LogP contribution is 2.35. The van der Waals surface area contributed by atoms with E-state index in [4.69, 9.17) is 0 Å². The molecule has 0 radical (unpaired) electrons. The van der Waals surface area contributed by atoms with E-state index in [1.165, 1.54) is 17.3 Å². The van der Waals surface area contributed by atoms with Gasteiger partial charge in [-0.2, -0.15) is 0 Å². The molecule has 12 heavy (non-hydrogen) atoms. The van der Waals surface area contributed by atoms with Crippen molar-refractivity contribution in [3.8, 4) is 0 Å². The van der Waals surface area contributed by atoms with Gasteiger partial charge in [-0.05, 0) is 11.6 Å². The van der Waals surface area contributed by atoms with Gasteiger partial charge in [0.15, 0.2) is 0 Å². The van der Waals surface area contributed by atoms with Crippen molar-refractivity contribution in [3.63, 3.8) is 0 Å². The molecule has 1 aliphatic heterocycles. The number of rotatable bonds is 1. The van der Waals surface area contributed by atoms with Gasteiger partial charge in [-0.15, -0.1) is 0 Å². The van der Waals surface area contributed by atoms with Crippen molar-refractivity contribution in [1.82, 2.24) is 0 Å². The Morgan fingerprint density at radius 2 is 1.92 bits per heavy atom. The van der Waals surface area contributed by atoms with Crippen LogP contribution in [0.4, 0.5) is 0 Å². The Morgan fingerprint density at radius 3 is 2.50 bits per heavy atom. The van der Waals surface area contributed by atoms with Crippen LogP contribution in [-0.4, -0.2) is 5.12 Å². The molecule has 0 saturated heterocycles. The fourth-order valence-electron chi connectivity index (χ4n) is 1.19. The molecule has 0 amide bonds. The van der Waals surface area contributed by atoms with Gasteiger partial charge in [-0.3, -0.25) is 4.79 Å². The molecule has 2 heteroatoms. The van der Waals surface area contributed by atoms with Gasteiger partial charge in [-0.25, -0.2) is 0 Å². The summed E-state index contributed by atoms with van der Waals surface area (Å²) in [5, 5.41) is 0.391. The van der Waals surface area contributed by atoms with E-state index in [1.807, 2.05) is 36.4 Å². The van der Waals surface area contributed by atoms with Crippen LogP contribution in [-0.2, 0) is 4.79 Å². The minimum Gasteiger partial charge on any atom is -0.282 e. The van der Waals surface area contributed by atoms with Crippen molar-refractivity contribution in [3.05, 3.63) is 48.0 Å². The number of benzene rings is 1. The van der Waals surface area contributed by atoms with E-state index < -0.39 is 0 Å². The molecule has 0 aliphatic carbocycles. The summed E-state index contributed by atoms with van der Waals surface area (Å²) in [4.78, 5) is 10.9. The number of hydrogen-bond acceptors (Lipinski definition) is 2. The lowest BCUT2D eigenvalue weighted by Gasteiger charge is -2.04. The lowest BCUT2D eigenvalue weighted by Crippen LogP contribution is -1.86. The Morgan fingerprint density at radius 1 is 1.17 bits per heavy atom. The molecule has 0 spiro atoms. The number of thioether (sulfide) groups is 1. The number of hydrogen-bond donors (Lipinski definition) is 0. The van der Waals surface area contributed by atoms with E-state index in [0.717, 1.165) is 0 Å². The lowest BCUT2D eigenvalue weighted by molar-refractivity contribution is -0.106. The van der Waals surface area contributed by atoms with Crippen LogP contribution in [0, 0.1) is 0 Å². The van der Waals surface area contributed by atoms with Gasteiger partial charge < -0.3 is 0 Å². The molecule has 1 heterocycles. The molecular formula is C10H8OS. The van der Waals surface area contributed by atoms with Crippen molar-refractivity contribution in [2.75, 3.05) is 0 Å². The highest BCUT2D eigenvalue weighted by Gasteiger charge is 2.17. The molecule has 1 nitrogen and oxygen atoms in total. The van der Waals surface area contributed by atoms with Crippen molar-refractivity contribution in [2.24, 2.45) is 0 Å². The topological polar surface area (TPSA) is 17.1 Å². The van der Waals surface area contributed by atoms with E-state index >= 15 is 0 Å². The van der Waals surface area contributed by atoms with Crippen LogP contribution in [0.2, 0.25) is 0 Å². The summed E-state index contributed by atoms with van der Waals surface area (Å²) >= 11 is 1.37. The maximum absolute atomic E-state index is 10.9. The monoisotopic (exact) mass is 176 g/mol. The molecule has 1 aliphatic rings. The molecule has 1 atom stereocenters. The van der Waals surface area contributed by atoms with Crippen LogP contribution in [0.5, 0.6) is 0 Å². The van der Waals surface area contributed by atoms with Gasteiger partial charge in [0.2, 0.25) is 5.12 Å². The first-order valence-corrected chi connectivity index (χ1v) is 4.68. The van der Waals surface area contributed by atoms with E-state index in [0.29, 0.717) is 0 Å². The standard InChI is InChI=1S/C10H8OS/c11-10-7-6-9(12-10)8-4-2-1-3-5-8/h1-7,9H. The summed E-state index contributed by atoms with van der Waals surface area (Å²) in [5.41, 5.74) is 1.20. The minimum atomic E-state index is 0.156. The third-order valence-corrected chi connectivity index (χ3v) is 2.83. The second kappa shape index (κ2) is 3.15. The Kier molecular flexibility index (Phi) is 2.00. The Hall–Kier alpha value is -1.02. The van der Waals surface area contributed by atoms with E-state index in [1.54, 1.807) is 6.08 Å². The van der Waals surface area contributed by atoms with Crippen LogP contribution >= 0.6 is 11.8 Å². The van der Waals surface area contributed by atoms with Gasteiger partial charge in [0.25, 0.3) is 0 Å². The molecule has 0 saturated carbocycles. The summed E-state index contributed by atoms with van der Waals surface area (Å²) in [6.07, 6.45) is 3.59. The quantitative estimate of drug-likeness (QED) is 0.654. The summed E-state index contributed by atoms with van der Waals surface area (Å²) in [5.74, 6) is 0. The largest absolute Gasteiger partial charge is 0.282 e. The molecule has 0 fully saturated rings. The van der Waals surface area contributed by atoms with Gasteiger partial charge in [-0.1, -0.05) is 48.2 Å². The average Bonchev–Trinajstić information content (AvgIpc) is 2.54. The summed E-state index contributed by atoms with van der Waals surface area (Å²) in [6.45, 7) is 0. The molecule has 1 aromatic carbocycles. The van der Waals surface area contributed by atoms with E-state index in [-0.39, 0.29) is 10.4 Å². The second-order valence-electron chi connectivity index (χ2n) is 2.63. The van der Waals surface area contributed by atoms with Crippen LogP contribution in [0.25, 0.3) is 0 Å². The van der Waals surface area contributed by atoms with Crippen LogP contribution in [0.3, 0.4) is 0 Å². The summed E-state index contributed by atoms with van der Waals surface area (Å²) in [6, 6.07) is 10.1. The molecule has 60 valence electrons. The minimum absolute atomic E-state index is 0.156. The first-order valence-electron chi connectivity index (χ1n) is 3.80. The Bertz CT molecular complexity index is 316. The van der Waals surface area contributed by atoms with Gasteiger partial charge in [0.1, 0.15) is 0 Å². The smallest absolute Gasteiger partial charge is 0.212 e. The SMILES string of the molecule is O=C1C=CC(c2ccccc2)S1. The predicted molar refractivity (Wildman–Crippen MR) is 50.9 cm³/mol. The first-order chi connectivity index (χ1) is 5.86. The second-order valence-corrected chi connectivity index (χ2v) is 3.77. The Balaban J connectivity index is 2.23. The highest BCUT2D eigenvalue weighted by molar-refractivity contribution is 8.14. The van der Waals surface area contributed by atoms with Crippen LogP contribution in [0.15, 0.2) is 42.5 Å². The summed E-state index contributed by atoms with van der Waals surface area (Å²) < 4.78 is 0. The molecule has 1 unspecified atom stereocenters. The van der Waals surface area contributed by atoms with Gasteiger partial charge in [0.05, 0.1) is 5.25 Å². The zero-order chi connectivity index (χ0) is 8.39. The molecule has 2 rings (SSSR count). The first kappa shape index (κ1) is 7.62. The fraction of sp³-hybridized carbons (Fsp3) is 0.100. The maximum atomic E-state index is 10.9. The van der Waals surface area contributed by atoms with Crippen LogP contribution < -0.4 is 0 Å². The molecule has 1 aromatic rings. The zero-order valence-electron chi connectivity index (χ0n) is 6.44. The average molecular weight is 176 g/mol. The Labute approximate surface area is 75.5 Å². The maximum Gasteiger partial charge on any atom is 0.212 e. The molecule has 0 bridgehead atoms. The van der Waals surface area contributed by atoms with Gasteiger partial charge in [0, 0.05) is 0 Å². The summed E-state index contributed by atoms with van der Waals surface area (Å²) in [7, 11) is 0. The third kappa shape index (κ3) is 1.43. The lowest BCUT2D eigenvalue weighted by atomic mass is 10.1. The van der Waals surface area contributed by atoms with E-state index in [2.05, 4.69) is 0 Å². The molecular weight excluding hydrogens is 168 g/mol. The van der Waals surface area contributed by atoms with Gasteiger partial charge >= 0.3 is 0 Å². The highest BCUT2D eigenvalue weighted by atomic mass is 32.2. The van der Waals surface area contributed by atoms with Crippen molar-refractivity contribution in [1.29, 1.82) is 0 Å². The predicted octanol–water partition coefficient (Wildman–Crippen LogP) is 2.56. The van der Waals surface area contributed by atoms with Crippen molar-refractivity contribution in [2.45, 2.75) is 5.25 Å². The van der Waals surface area contributed by atoms with Crippen LogP contribution in [0.1, 0.15) is 10.8 Å². The normalized spacial score (nSPS) is 21.7. The van der Waals surface area contributed by atoms with Crippen molar-refractivity contribution >= 4 is 16.9 Å². The third-order valence-electron chi connectivity index (χ3n) is 1.78. The fourth-order valence-corrected chi connectivity index (χ4v) is 2.05. The molecule has 0 N–H and O–H groups in total. The van der Waals surface area contributed by atoms with Crippen molar-refractivity contribution < 1.29 is 4.79 Å². The van der Waals surface area contributed by atoms with E-state index in [9.17, 15) is 4.79 Å². The number of carbonyl (C=O) groups is 1.